The summed E-state index contributed by atoms with van der Waals surface area (Å²) in [6.07, 6.45) is 2.07. The van der Waals surface area contributed by atoms with Crippen LogP contribution in [0.5, 0.6) is 0 Å². The third-order valence-electron chi connectivity index (χ3n) is 4.51. The van der Waals surface area contributed by atoms with Crippen molar-refractivity contribution < 1.29 is 9.53 Å². The van der Waals surface area contributed by atoms with Gasteiger partial charge in [-0.05, 0) is 49.1 Å². The summed E-state index contributed by atoms with van der Waals surface area (Å²) in [6, 6.07) is 2.11. The van der Waals surface area contributed by atoms with Gasteiger partial charge in [-0.15, -0.1) is 0 Å². The number of hydrogen-bond acceptors (Lipinski definition) is 4. The summed E-state index contributed by atoms with van der Waals surface area (Å²) in [7, 11) is 1.94. The highest BCUT2D eigenvalue weighted by Gasteiger charge is 2.34. The molecule has 1 aliphatic heterocycles. The maximum atomic E-state index is 12.3. The first-order chi connectivity index (χ1) is 11.1. The second-order valence-electron chi connectivity index (χ2n) is 6.09. The number of aryl methyl sites for hydroxylation is 3. The molecule has 0 spiro atoms. The molecule has 23 heavy (non-hydrogen) atoms. The molecule has 1 amide bonds. The maximum Gasteiger partial charge on any atom is 0.220 e. The van der Waals surface area contributed by atoms with Crippen LogP contribution >= 0.6 is 11.3 Å². The van der Waals surface area contributed by atoms with Crippen molar-refractivity contribution in [2.75, 3.05) is 6.61 Å². The molecular weight excluding hydrogens is 310 g/mol. The van der Waals surface area contributed by atoms with E-state index in [0.29, 0.717) is 13.0 Å². The Morgan fingerprint density at radius 3 is 3.00 bits per heavy atom. The molecule has 124 valence electrons. The average molecular weight is 333 g/mol. The fourth-order valence-corrected chi connectivity index (χ4v) is 3.90. The predicted octanol–water partition coefficient (Wildman–Crippen LogP) is 2.68. The fraction of sp³-hybridized carbons (Fsp3) is 0.529. The Kier molecular flexibility index (Phi) is 4.82. The molecule has 2 atom stereocenters. The minimum Gasteiger partial charge on any atom is -0.371 e. The number of hydrogen-bond donors (Lipinski definition) is 1. The lowest BCUT2D eigenvalue weighted by Gasteiger charge is -2.20. The summed E-state index contributed by atoms with van der Waals surface area (Å²) < 4.78 is 7.79. The van der Waals surface area contributed by atoms with Crippen molar-refractivity contribution >= 4 is 17.2 Å². The lowest BCUT2D eigenvalue weighted by molar-refractivity contribution is -0.122. The number of nitrogens with one attached hydrogen (secondary N) is 1. The maximum absolute atomic E-state index is 12.3. The highest BCUT2D eigenvalue weighted by Crippen LogP contribution is 2.33. The summed E-state index contributed by atoms with van der Waals surface area (Å²) in [5.41, 5.74) is 4.43. The fourth-order valence-electron chi connectivity index (χ4n) is 3.20. The highest BCUT2D eigenvalue weighted by molar-refractivity contribution is 7.07. The first kappa shape index (κ1) is 16.2. The van der Waals surface area contributed by atoms with E-state index in [0.717, 1.165) is 29.8 Å². The summed E-state index contributed by atoms with van der Waals surface area (Å²) in [5.74, 6) is 0.0934. The second-order valence-corrected chi connectivity index (χ2v) is 6.87. The van der Waals surface area contributed by atoms with Crippen LogP contribution in [0.25, 0.3) is 0 Å². The highest BCUT2D eigenvalue weighted by atomic mass is 32.1. The van der Waals surface area contributed by atoms with Gasteiger partial charge >= 0.3 is 0 Å². The molecule has 0 aromatic carbocycles. The zero-order valence-electron chi connectivity index (χ0n) is 13.8. The van der Waals surface area contributed by atoms with Crippen LogP contribution in [0, 0.1) is 13.8 Å². The van der Waals surface area contributed by atoms with E-state index in [1.165, 1.54) is 5.56 Å². The van der Waals surface area contributed by atoms with Gasteiger partial charge < -0.3 is 10.1 Å². The van der Waals surface area contributed by atoms with E-state index in [1.54, 1.807) is 11.3 Å². The first-order valence-corrected chi connectivity index (χ1v) is 8.92. The van der Waals surface area contributed by atoms with E-state index in [-0.39, 0.29) is 18.1 Å². The molecule has 3 rings (SSSR count). The second kappa shape index (κ2) is 6.84. The van der Waals surface area contributed by atoms with Crippen LogP contribution in [0.4, 0.5) is 0 Å². The Labute approximate surface area is 140 Å². The molecule has 0 aliphatic carbocycles. The summed E-state index contributed by atoms with van der Waals surface area (Å²) >= 11 is 1.67. The van der Waals surface area contributed by atoms with Gasteiger partial charge in [0.25, 0.3) is 0 Å². The van der Waals surface area contributed by atoms with E-state index in [9.17, 15) is 4.79 Å². The topological polar surface area (TPSA) is 56.1 Å². The Morgan fingerprint density at radius 2 is 2.35 bits per heavy atom. The third kappa shape index (κ3) is 3.48. The van der Waals surface area contributed by atoms with E-state index < -0.39 is 0 Å². The number of nitrogens with zero attached hydrogens (tertiary/aromatic N) is 2. The van der Waals surface area contributed by atoms with E-state index in [4.69, 9.17) is 4.74 Å². The van der Waals surface area contributed by atoms with Gasteiger partial charge in [0.2, 0.25) is 5.91 Å². The number of carbonyl (C=O) groups excluding carboxylic acids is 1. The largest absolute Gasteiger partial charge is 0.371 e. The quantitative estimate of drug-likeness (QED) is 0.915. The van der Waals surface area contributed by atoms with Crippen molar-refractivity contribution in [1.82, 2.24) is 15.1 Å². The Balaban J connectivity index is 1.63. The summed E-state index contributed by atoms with van der Waals surface area (Å²) in [6.45, 7) is 4.72. The van der Waals surface area contributed by atoms with E-state index in [1.807, 2.05) is 31.0 Å². The molecule has 6 heteroatoms. The van der Waals surface area contributed by atoms with Gasteiger partial charge in [-0.3, -0.25) is 9.48 Å². The number of rotatable bonds is 5. The van der Waals surface area contributed by atoms with Crippen LogP contribution in [-0.2, 0) is 23.0 Å². The molecule has 2 aromatic rings. The molecule has 0 bridgehead atoms. The zero-order chi connectivity index (χ0) is 16.4. The molecule has 1 fully saturated rings. The summed E-state index contributed by atoms with van der Waals surface area (Å²) in [5, 5.41) is 11.8. The average Bonchev–Trinajstić information content (AvgIpc) is 3.21. The van der Waals surface area contributed by atoms with Gasteiger partial charge in [-0.25, -0.2) is 0 Å². The monoisotopic (exact) mass is 333 g/mol. The molecule has 1 aliphatic rings. The standard InChI is InChI=1S/C17H23N3O2S/c1-11-16(12(2)20(3)19-11)17-14(6-8-22-17)18-15(21)5-4-13-7-9-23-10-13/h7,9-10,14,17H,4-6,8H2,1-3H3,(H,18,21)/t14-,17-/m0/s1. The Morgan fingerprint density at radius 1 is 1.52 bits per heavy atom. The third-order valence-corrected chi connectivity index (χ3v) is 5.24. The SMILES string of the molecule is Cc1nn(C)c(C)c1[C@H]1OCC[C@@H]1NC(=O)CCc1ccsc1. The lowest BCUT2D eigenvalue weighted by Crippen LogP contribution is -2.37. The Bertz CT molecular complexity index is 678. The van der Waals surface area contributed by atoms with Gasteiger partial charge in [0, 0.05) is 31.3 Å². The van der Waals surface area contributed by atoms with Crippen molar-refractivity contribution in [2.45, 2.75) is 45.3 Å². The molecule has 0 radical (unpaired) electrons. The van der Waals surface area contributed by atoms with Gasteiger partial charge in [-0.1, -0.05) is 0 Å². The van der Waals surface area contributed by atoms with Crippen LogP contribution < -0.4 is 5.32 Å². The van der Waals surface area contributed by atoms with Gasteiger partial charge in [-0.2, -0.15) is 16.4 Å². The number of thiophene rings is 1. The number of ether oxygens (including phenoxy) is 1. The van der Waals surface area contributed by atoms with Crippen LogP contribution in [-0.4, -0.2) is 28.3 Å². The van der Waals surface area contributed by atoms with Crippen molar-refractivity contribution in [2.24, 2.45) is 7.05 Å². The molecule has 1 N–H and O–H groups in total. The lowest BCUT2D eigenvalue weighted by atomic mass is 10.00. The van der Waals surface area contributed by atoms with Crippen LogP contribution in [0.2, 0.25) is 0 Å². The van der Waals surface area contributed by atoms with Crippen molar-refractivity contribution in [3.63, 3.8) is 0 Å². The van der Waals surface area contributed by atoms with Crippen molar-refractivity contribution in [1.29, 1.82) is 0 Å². The van der Waals surface area contributed by atoms with Gasteiger partial charge in [0.15, 0.2) is 0 Å². The molecule has 2 aromatic heterocycles. The molecule has 0 unspecified atom stereocenters. The smallest absolute Gasteiger partial charge is 0.220 e. The summed E-state index contributed by atoms with van der Waals surface area (Å²) in [4.78, 5) is 12.3. The minimum absolute atomic E-state index is 0.0339. The minimum atomic E-state index is -0.0891. The van der Waals surface area contributed by atoms with Crippen molar-refractivity contribution in [3.05, 3.63) is 39.3 Å². The number of amides is 1. The number of aromatic nitrogens is 2. The van der Waals surface area contributed by atoms with E-state index in [2.05, 4.69) is 21.9 Å². The first-order valence-electron chi connectivity index (χ1n) is 7.98. The van der Waals surface area contributed by atoms with Crippen LogP contribution in [0.3, 0.4) is 0 Å². The van der Waals surface area contributed by atoms with Crippen LogP contribution in [0.15, 0.2) is 16.8 Å². The van der Waals surface area contributed by atoms with E-state index >= 15 is 0 Å². The number of carbonyl (C=O) groups is 1. The molecule has 0 saturated carbocycles. The molecule has 5 nitrogen and oxygen atoms in total. The van der Waals surface area contributed by atoms with Gasteiger partial charge in [0.1, 0.15) is 6.10 Å². The molecular formula is C17H23N3O2S. The molecule has 1 saturated heterocycles. The van der Waals surface area contributed by atoms with Crippen molar-refractivity contribution in [3.8, 4) is 0 Å². The predicted molar refractivity (Wildman–Crippen MR) is 90.6 cm³/mol. The van der Waals surface area contributed by atoms with Gasteiger partial charge in [0.05, 0.1) is 11.7 Å². The zero-order valence-corrected chi connectivity index (χ0v) is 14.7. The van der Waals surface area contributed by atoms with Crippen LogP contribution in [0.1, 0.15) is 41.5 Å². The Hall–Kier alpha value is -1.66. The molecule has 3 heterocycles. The normalized spacial score (nSPS) is 20.8.